The Hall–Kier alpha value is -2.33. The third kappa shape index (κ3) is 4.33. The van der Waals surface area contributed by atoms with Gasteiger partial charge in [-0.25, -0.2) is 4.79 Å². The van der Waals surface area contributed by atoms with Crippen molar-refractivity contribution in [3.8, 4) is 0 Å². The summed E-state index contributed by atoms with van der Waals surface area (Å²) in [6.07, 6.45) is 0.867. The molecule has 0 radical (unpaired) electrons. The summed E-state index contributed by atoms with van der Waals surface area (Å²) in [7, 11) is 0. The first kappa shape index (κ1) is 16.0. The van der Waals surface area contributed by atoms with E-state index in [1.54, 1.807) is 0 Å². The molecule has 1 amide bonds. The Labute approximate surface area is 133 Å². The molecule has 0 aliphatic carbocycles. The normalized spacial score (nSPS) is 10.3. The molecule has 2 rings (SSSR count). The van der Waals surface area contributed by atoms with Gasteiger partial charge in [0.1, 0.15) is 0 Å². The van der Waals surface area contributed by atoms with E-state index in [1.807, 2.05) is 31.2 Å². The van der Waals surface area contributed by atoms with E-state index in [2.05, 4.69) is 5.32 Å². The van der Waals surface area contributed by atoms with Crippen molar-refractivity contribution in [1.82, 2.24) is 0 Å². The van der Waals surface area contributed by atoms with Crippen LogP contribution in [0.1, 0.15) is 27.9 Å². The molecule has 0 saturated heterocycles. The second kappa shape index (κ2) is 7.09. The maximum Gasteiger partial charge on any atom is 0.337 e. The quantitative estimate of drug-likeness (QED) is 0.878. The highest BCUT2D eigenvalue weighted by atomic mass is 35.5. The van der Waals surface area contributed by atoms with Crippen LogP contribution in [0.15, 0.2) is 42.5 Å². The van der Waals surface area contributed by atoms with Crippen LogP contribution in [-0.2, 0) is 11.2 Å². The van der Waals surface area contributed by atoms with Gasteiger partial charge in [0, 0.05) is 11.4 Å². The molecule has 2 aromatic rings. The molecule has 0 fully saturated rings. The number of benzene rings is 2. The molecular formula is C17H16ClNO3. The topological polar surface area (TPSA) is 66.4 Å². The Morgan fingerprint density at radius 2 is 1.95 bits per heavy atom. The number of carbonyl (C=O) groups is 2. The Kier molecular flexibility index (Phi) is 5.17. The highest BCUT2D eigenvalue weighted by Gasteiger charge is 2.13. The number of amides is 1. The number of carboxylic acid groups (broad SMARTS) is 1. The van der Waals surface area contributed by atoms with Gasteiger partial charge in [0.25, 0.3) is 0 Å². The van der Waals surface area contributed by atoms with Gasteiger partial charge < -0.3 is 10.4 Å². The molecule has 0 aromatic heterocycles. The zero-order valence-corrected chi connectivity index (χ0v) is 12.9. The SMILES string of the molecule is Cc1cccc(CCC(=O)Nc2cc(Cl)ccc2C(=O)O)c1. The van der Waals surface area contributed by atoms with Crippen LogP contribution < -0.4 is 5.32 Å². The summed E-state index contributed by atoms with van der Waals surface area (Å²) in [6.45, 7) is 1.99. The van der Waals surface area contributed by atoms with E-state index in [4.69, 9.17) is 16.7 Å². The van der Waals surface area contributed by atoms with Gasteiger partial charge in [0.2, 0.25) is 5.91 Å². The first-order chi connectivity index (χ1) is 10.5. The zero-order chi connectivity index (χ0) is 16.1. The van der Waals surface area contributed by atoms with Gasteiger partial charge >= 0.3 is 5.97 Å². The average molecular weight is 318 g/mol. The van der Waals surface area contributed by atoms with Crippen molar-refractivity contribution in [1.29, 1.82) is 0 Å². The van der Waals surface area contributed by atoms with Crippen LogP contribution in [0.5, 0.6) is 0 Å². The largest absolute Gasteiger partial charge is 0.478 e. The summed E-state index contributed by atoms with van der Waals surface area (Å²) in [5.41, 5.74) is 2.45. The van der Waals surface area contributed by atoms with E-state index in [9.17, 15) is 9.59 Å². The molecule has 0 aliphatic rings. The number of anilines is 1. The number of aromatic carboxylic acids is 1. The van der Waals surface area contributed by atoms with Gasteiger partial charge in [-0.05, 0) is 37.1 Å². The fourth-order valence-corrected chi connectivity index (χ4v) is 2.32. The van der Waals surface area contributed by atoms with Crippen LogP contribution in [0.2, 0.25) is 5.02 Å². The van der Waals surface area contributed by atoms with E-state index in [1.165, 1.54) is 18.2 Å². The maximum atomic E-state index is 12.0. The maximum absolute atomic E-state index is 12.0. The van der Waals surface area contributed by atoms with Crippen LogP contribution in [0, 0.1) is 6.92 Å². The fraction of sp³-hybridized carbons (Fsp3) is 0.176. The van der Waals surface area contributed by atoms with E-state index >= 15 is 0 Å². The molecule has 2 N–H and O–H groups in total. The Morgan fingerprint density at radius 1 is 1.18 bits per heavy atom. The molecule has 114 valence electrons. The number of aryl methyl sites for hydroxylation is 2. The van der Waals surface area contributed by atoms with Crippen molar-refractivity contribution in [2.24, 2.45) is 0 Å². The molecule has 5 heteroatoms. The lowest BCUT2D eigenvalue weighted by Crippen LogP contribution is -2.15. The van der Waals surface area contributed by atoms with Crippen LogP contribution in [0.3, 0.4) is 0 Å². The van der Waals surface area contributed by atoms with Crippen LogP contribution in [-0.4, -0.2) is 17.0 Å². The predicted octanol–water partition coefficient (Wildman–Crippen LogP) is 3.92. The lowest BCUT2D eigenvalue weighted by Gasteiger charge is -2.09. The monoisotopic (exact) mass is 317 g/mol. The van der Waals surface area contributed by atoms with E-state index in [-0.39, 0.29) is 23.6 Å². The minimum absolute atomic E-state index is 0.0216. The number of nitrogens with one attached hydrogen (secondary N) is 1. The van der Waals surface area contributed by atoms with Crippen molar-refractivity contribution in [3.05, 3.63) is 64.2 Å². The molecule has 0 unspecified atom stereocenters. The summed E-state index contributed by atoms with van der Waals surface area (Å²) >= 11 is 5.85. The lowest BCUT2D eigenvalue weighted by molar-refractivity contribution is -0.116. The smallest absolute Gasteiger partial charge is 0.337 e. The third-order valence-corrected chi connectivity index (χ3v) is 3.44. The van der Waals surface area contributed by atoms with Crippen LogP contribution in [0.4, 0.5) is 5.69 Å². The van der Waals surface area contributed by atoms with Crippen molar-refractivity contribution in [2.75, 3.05) is 5.32 Å². The number of carbonyl (C=O) groups excluding carboxylic acids is 1. The van der Waals surface area contributed by atoms with Crippen LogP contribution in [0.25, 0.3) is 0 Å². The first-order valence-electron chi connectivity index (χ1n) is 6.84. The summed E-state index contributed by atoms with van der Waals surface area (Å²) < 4.78 is 0. The van der Waals surface area contributed by atoms with Gasteiger partial charge in [-0.2, -0.15) is 0 Å². The summed E-state index contributed by atoms with van der Waals surface area (Å²) in [4.78, 5) is 23.1. The molecule has 0 atom stereocenters. The molecule has 0 aliphatic heterocycles. The highest BCUT2D eigenvalue weighted by Crippen LogP contribution is 2.21. The number of halogens is 1. The minimum Gasteiger partial charge on any atom is -0.478 e. The van der Waals surface area contributed by atoms with E-state index in [0.717, 1.165) is 11.1 Å². The second-order valence-electron chi connectivity index (χ2n) is 5.03. The van der Waals surface area contributed by atoms with Gasteiger partial charge in [-0.3, -0.25) is 4.79 Å². The average Bonchev–Trinajstić information content (AvgIpc) is 2.45. The Balaban J connectivity index is 2.03. The van der Waals surface area contributed by atoms with Crippen LogP contribution >= 0.6 is 11.6 Å². The van der Waals surface area contributed by atoms with Crippen molar-refractivity contribution < 1.29 is 14.7 Å². The number of carboxylic acids is 1. The van der Waals surface area contributed by atoms with Crippen molar-refractivity contribution in [2.45, 2.75) is 19.8 Å². The molecule has 0 heterocycles. The molecule has 4 nitrogen and oxygen atoms in total. The van der Waals surface area contributed by atoms with Crippen molar-refractivity contribution in [3.63, 3.8) is 0 Å². The number of hydrogen-bond acceptors (Lipinski definition) is 2. The summed E-state index contributed by atoms with van der Waals surface area (Å²) in [6, 6.07) is 12.2. The first-order valence-corrected chi connectivity index (χ1v) is 7.22. The van der Waals surface area contributed by atoms with Gasteiger partial charge in [0.15, 0.2) is 0 Å². The van der Waals surface area contributed by atoms with E-state index < -0.39 is 5.97 Å². The molecule has 0 spiro atoms. The number of rotatable bonds is 5. The van der Waals surface area contributed by atoms with Gasteiger partial charge in [-0.1, -0.05) is 41.4 Å². The Morgan fingerprint density at radius 3 is 2.64 bits per heavy atom. The lowest BCUT2D eigenvalue weighted by atomic mass is 10.1. The molecule has 0 saturated carbocycles. The summed E-state index contributed by atoms with van der Waals surface area (Å²) in [5.74, 6) is -1.35. The van der Waals surface area contributed by atoms with Gasteiger partial charge in [0.05, 0.1) is 11.3 Å². The van der Waals surface area contributed by atoms with Gasteiger partial charge in [-0.15, -0.1) is 0 Å². The third-order valence-electron chi connectivity index (χ3n) is 3.21. The number of hydrogen-bond donors (Lipinski definition) is 2. The predicted molar refractivity (Wildman–Crippen MR) is 86.5 cm³/mol. The Bertz CT molecular complexity index is 713. The molecule has 22 heavy (non-hydrogen) atoms. The highest BCUT2D eigenvalue weighted by molar-refractivity contribution is 6.31. The minimum atomic E-state index is -1.11. The standard InChI is InChI=1S/C17H16ClNO3/c1-11-3-2-4-12(9-11)5-8-16(20)19-15-10-13(18)6-7-14(15)17(21)22/h2-4,6-7,9-10H,5,8H2,1H3,(H,19,20)(H,21,22). The summed E-state index contributed by atoms with van der Waals surface area (Å²) in [5, 5.41) is 12.1. The fourth-order valence-electron chi connectivity index (χ4n) is 2.14. The zero-order valence-electron chi connectivity index (χ0n) is 12.1. The van der Waals surface area contributed by atoms with E-state index in [0.29, 0.717) is 11.4 Å². The molecule has 2 aromatic carbocycles. The molecular weight excluding hydrogens is 302 g/mol. The van der Waals surface area contributed by atoms with Crippen molar-refractivity contribution >= 4 is 29.2 Å². The molecule has 0 bridgehead atoms. The second-order valence-corrected chi connectivity index (χ2v) is 5.47.